The van der Waals surface area contributed by atoms with E-state index in [4.69, 9.17) is 28.3 Å². The van der Waals surface area contributed by atoms with Gasteiger partial charge in [-0.25, -0.2) is 9.48 Å². The molecule has 0 aliphatic carbocycles. The molecule has 4 aromatic rings. The fraction of sp³-hybridized carbons (Fsp3) is 0.233. The summed E-state index contributed by atoms with van der Waals surface area (Å²) in [5.41, 5.74) is 4.97. The molecule has 3 amide bonds. The quantitative estimate of drug-likeness (QED) is 0.218. The van der Waals surface area contributed by atoms with Crippen molar-refractivity contribution < 1.29 is 9.59 Å². The Morgan fingerprint density at radius 2 is 1.64 bits per heavy atom. The number of carbonyl (C=O) groups excluding carboxylic acids is 2. The van der Waals surface area contributed by atoms with E-state index in [1.807, 2.05) is 69.3 Å². The van der Waals surface area contributed by atoms with Gasteiger partial charge in [-0.05, 0) is 44.0 Å². The van der Waals surface area contributed by atoms with Crippen molar-refractivity contribution in [2.24, 2.45) is 0 Å². The van der Waals surface area contributed by atoms with Gasteiger partial charge in [0.05, 0.1) is 27.1 Å². The molecule has 0 fully saturated rings. The third-order valence-electron chi connectivity index (χ3n) is 6.22. The van der Waals surface area contributed by atoms with Crippen LogP contribution in [-0.4, -0.2) is 39.7 Å². The molecule has 1 heterocycles. The molecule has 0 atom stereocenters. The van der Waals surface area contributed by atoms with E-state index < -0.39 is 6.03 Å². The number of carbonyl (C=O) groups is 2. The number of aromatic nitrogens is 2. The number of amides is 3. The van der Waals surface area contributed by atoms with Crippen LogP contribution in [0.3, 0.4) is 0 Å². The first-order chi connectivity index (χ1) is 18.8. The van der Waals surface area contributed by atoms with E-state index in [9.17, 15) is 9.59 Å². The smallest absolute Gasteiger partial charge is 0.315 e. The standard InChI is InChI=1S/C30H31Cl2N5O2/c1-4-5-16-36(30(39)34-29-23(31)12-9-13-24(29)32)19-28(38)33-27-18-25(22-10-7-6-8-11-22)35-37(27)26-15-14-20(2)17-21(26)3/h6-15,17-18H,4-5,16,19H2,1-3H3,(H,33,38)(H,34,39). The lowest BCUT2D eigenvalue weighted by molar-refractivity contribution is -0.116. The number of halogens is 2. The molecule has 4 rings (SSSR count). The van der Waals surface area contributed by atoms with Crippen molar-refractivity contribution in [1.29, 1.82) is 0 Å². The predicted molar refractivity (Wildman–Crippen MR) is 159 cm³/mol. The molecule has 0 spiro atoms. The Labute approximate surface area is 238 Å². The summed E-state index contributed by atoms with van der Waals surface area (Å²) in [6, 6.07) is 22.2. The largest absolute Gasteiger partial charge is 0.322 e. The summed E-state index contributed by atoms with van der Waals surface area (Å²) in [5, 5.41) is 11.2. The van der Waals surface area contributed by atoms with Crippen molar-refractivity contribution >= 4 is 46.6 Å². The minimum absolute atomic E-state index is 0.160. The number of aryl methyl sites for hydroxylation is 2. The van der Waals surface area contributed by atoms with Gasteiger partial charge < -0.3 is 15.5 Å². The number of nitrogens with zero attached hydrogens (tertiary/aromatic N) is 3. The number of urea groups is 1. The zero-order valence-corrected chi connectivity index (χ0v) is 23.7. The first-order valence-corrected chi connectivity index (χ1v) is 13.5. The van der Waals surface area contributed by atoms with E-state index in [1.165, 1.54) is 4.90 Å². The Morgan fingerprint density at radius 1 is 0.923 bits per heavy atom. The zero-order valence-electron chi connectivity index (χ0n) is 22.2. The third-order valence-corrected chi connectivity index (χ3v) is 6.85. The normalized spacial score (nSPS) is 10.8. The Bertz CT molecular complexity index is 1450. The maximum atomic E-state index is 13.3. The maximum Gasteiger partial charge on any atom is 0.322 e. The number of para-hydroxylation sites is 1. The lowest BCUT2D eigenvalue weighted by atomic mass is 10.1. The van der Waals surface area contributed by atoms with E-state index in [0.29, 0.717) is 28.1 Å². The number of benzene rings is 3. The Balaban J connectivity index is 1.60. The summed E-state index contributed by atoms with van der Waals surface area (Å²) in [7, 11) is 0. The number of rotatable bonds is 9. The minimum Gasteiger partial charge on any atom is -0.315 e. The predicted octanol–water partition coefficient (Wildman–Crippen LogP) is 7.74. The van der Waals surface area contributed by atoms with Crippen LogP contribution in [0, 0.1) is 13.8 Å². The molecule has 2 N–H and O–H groups in total. The van der Waals surface area contributed by atoms with Crippen molar-refractivity contribution in [1.82, 2.24) is 14.7 Å². The van der Waals surface area contributed by atoms with E-state index >= 15 is 0 Å². The monoisotopic (exact) mass is 563 g/mol. The Morgan fingerprint density at radius 3 is 2.31 bits per heavy atom. The van der Waals surface area contributed by atoms with Crippen LogP contribution >= 0.6 is 23.2 Å². The summed E-state index contributed by atoms with van der Waals surface area (Å²) in [6.07, 6.45) is 1.59. The Kier molecular flexibility index (Phi) is 9.28. The molecule has 0 aliphatic heterocycles. The van der Waals surface area contributed by atoms with Crippen LogP contribution in [0.5, 0.6) is 0 Å². The lowest BCUT2D eigenvalue weighted by Gasteiger charge is -2.23. The minimum atomic E-state index is -0.457. The van der Waals surface area contributed by atoms with Gasteiger partial charge in [-0.3, -0.25) is 4.79 Å². The van der Waals surface area contributed by atoms with Gasteiger partial charge in [0.1, 0.15) is 12.4 Å². The van der Waals surface area contributed by atoms with Gasteiger partial charge >= 0.3 is 6.03 Å². The van der Waals surface area contributed by atoms with Crippen molar-refractivity contribution in [3.05, 3.63) is 94.0 Å². The summed E-state index contributed by atoms with van der Waals surface area (Å²) < 4.78 is 1.73. The van der Waals surface area contributed by atoms with E-state index in [0.717, 1.165) is 40.9 Å². The van der Waals surface area contributed by atoms with Crippen molar-refractivity contribution in [2.75, 3.05) is 23.7 Å². The van der Waals surface area contributed by atoms with Gasteiger partial charge in [0, 0.05) is 18.2 Å². The van der Waals surface area contributed by atoms with E-state index in [2.05, 4.69) is 16.7 Å². The first-order valence-electron chi connectivity index (χ1n) is 12.8. The molecule has 7 nitrogen and oxygen atoms in total. The van der Waals surface area contributed by atoms with Crippen LogP contribution in [-0.2, 0) is 4.79 Å². The molecule has 1 aromatic heterocycles. The zero-order chi connectivity index (χ0) is 27.9. The highest BCUT2D eigenvalue weighted by molar-refractivity contribution is 6.39. The molecule has 39 heavy (non-hydrogen) atoms. The second kappa shape index (κ2) is 12.8. The second-order valence-corrected chi connectivity index (χ2v) is 10.1. The van der Waals surface area contributed by atoms with Crippen LogP contribution < -0.4 is 10.6 Å². The van der Waals surface area contributed by atoms with Crippen LogP contribution in [0.15, 0.2) is 72.8 Å². The lowest BCUT2D eigenvalue weighted by Crippen LogP contribution is -2.41. The molecule has 202 valence electrons. The molecule has 0 aliphatic rings. The molecule has 0 radical (unpaired) electrons. The maximum absolute atomic E-state index is 13.3. The highest BCUT2D eigenvalue weighted by Gasteiger charge is 2.21. The summed E-state index contributed by atoms with van der Waals surface area (Å²) in [4.78, 5) is 27.9. The summed E-state index contributed by atoms with van der Waals surface area (Å²) in [6.45, 7) is 6.29. The number of hydrogen-bond acceptors (Lipinski definition) is 3. The van der Waals surface area contributed by atoms with Crippen LogP contribution in [0.1, 0.15) is 30.9 Å². The number of unbranched alkanes of at least 4 members (excludes halogenated alkanes) is 1. The molecule has 0 saturated heterocycles. The van der Waals surface area contributed by atoms with Gasteiger partial charge in [0.25, 0.3) is 0 Å². The molecule has 0 unspecified atom stereocenters. The van der Waals surface area contributed by atoms with Crippen LogP contribution in [0.2, 0.25) is 10.0 Å². The first kappa shape index (κ1) is 28.2. The second-order valence-electron chi connectivity index (χ2n) is 9.33. The van der Waals surface area contributed by atoms with Gasteiger partial charge in [-0.1, -0.05) is 90.6 Å². The van der Waals surface area contributed by atoms with Crippen LogP contribution in [0.4, 0.5) is 16.3 Å². The van der Waals surface area contributed by atoms with Crippen molar-refractivity contribution in [3.63, 3.8) is 0 Å². The topological polar surface area (TPSA) is 79.3 Å². The highest BCUT2D eigenvalue weighted by Crippen LogP contribution is 2.30. The Hall–Kier alpha value is -3.81. The molecule has 9 heteroatoms. The molecular weight excluding hydrogens is 533 g/mol. The van der Waals surface area contributed by atoms with Crippen LogP contribution in [0.25, 0.3) is 16.9 Å². The molecule has 0 saturated carbocycles. The molecule has 3 aromatic carbocycles. The summed E-state index contributed by atoms with van der Waals surface area (Å²) in [5.74, 6) is 0.160. The average molecular weight is 565 g/mol. The van der Waals surface area contributed by atoms with Crippen molar-refractivity contribution in [2.45, 2.75) is 33.6 Å². The number of nitrogens with one attached hydrogen (secondary N) is 2. The SMILES string of the molecule is CCCCN(CC(=O)Nc1cc(-c2ccccc2)nn1-c1ccc(C)cc1C)C(=O)Nc1c(Cl)cccc1Cl. The fourth-order valence-corrected chi connectivity index (χ4v) is 4.70. The van der Waals surface area contributed by atoms with Gasteiger partial charge in [0.15, 0.2) is 0 Å². The summed E-state index contributed by atoms with van der Waals surface area (Å²) >= 11 is 12.5. The third kappa shape index (κ3) is 6.99. The van der Waals surface area contributed by atoms with Gasteiger partial charge in [-0.15, -0.1) is 0 Å². The number of hydrogen-bond donors (Lipinski definition) is 2. The van der Waals surface area contributed by atoms with E-state index in [-0.39, 0.29) is 12.5 Å². The van der Waals surface area contributed by atoms with Gasteiger partial charge in [0.2, 0.25) is 5.91 Å². The van der Waals surface area contributed by atoms with Crippen molar-refractivity contribution in [3.8, 4) is 16.9 Å². The molecular formula is C30H31Cl2N5O2. The average Bonchev–Trinajstić information content (AvgIpc) is 3.32. The number of anilines is 2. The fourth-order valence-electron chi connectivity index (χ4n) is 4.21. The van der Waals surface area contributed by atoms with Gasteiger partial charge in [-0.2, -0.15) is 5.10 Å². The highest BCUT2D eigenvalue weighted by atomic mass is 35.5. The molecule has 0 bridgehead atoms. The van der Waals surface area contributed by atoms with E-state index in [1.54, 1.807) is 22.9 Å².